The predicted octanol–water partition coefficient (Wildman–Crippen LogP) is 2.99. The summed E-state index contributed by atoms with van der Waals surface area (Å²) < 4.78 is 2.09. The van der Waals surface area contributed by atoms with E-state index in [9.17, 15) is 5.11 Å². The number of nitrogens with zero attached hydrogens (tertiary/aromatic N) is 2. The van der Waals surface area contributed by atoms with Gasteiger partial charge in [-0.2, -0.15) is 11.8 Å². The Morgan fingerprint density at radius 1 is 1.43 bits per heavy atom. The van der Waals surface area contributed by atoms with E-state index in [-0.39, 0.29) is 23.9 Å². The predicted molar refractivity (Wildman–Crippen MR) is 91.1 cm³/mol. The zero-order valence-electron chi connectivity index (χ0n) is 12.8. The highest BCUT2D eigenvalue weighted by atomic mass is 35.5. The quantitative estimate of drug-likeness (QED) is 0.856. The van der Waals surface area contributed by atoms with Crippen LogP contribution in [0.2, 0.25) is 5.02 Å². The molecule has 1 heterocycles. The molecule has 21 heavy (non-hydrogen) atoms. The molecule has 3 atom stereocenters. The maximum Gasteiger partial charge on any atom is 0.126 e. The molecule has 0 aliphatic rings. The Morgan fingerprint density at radius 2 is 2.14 bits per heavy atom. The molecule has 0 amide bonds. The second kappa shape index (κ2) is 7.01. The number of aliphatic hydroxyl groups is 1. The summed E-state index contributed by atoms with van der Waals surface area (Å²) in [6, 6.07) is 6.05. The lowest BCUT2D eigenvalue weighted by Crippen LogP contribution is -2.39. The molecular weight excluding hydrogens is 306 g/mol. The average molecular weight is 328 g/mol. The van der Waals surface area contributed by atoms with Gasteiger partial charge in [0.1, 0.15) is 5.82 Å². The first kappa shape index (κ1) is 16.6. The number of benzene rings is 1. The van der Waals surface area contributed by atoms with Crippen molar-refractivity contribution in [1.82, 2.24) is 14.9 Å². The van der Waals surface area contributed by atoms with Crippen molar-refractivity contribution in [3.8, 4) is 0 Å². The molecule has 0 aliphatic heterocycles. The van der Waals surface area contributed by atoms with Gasteiger partial charge in [-0.3, -0.25) is 0 Å². The minimum atomic E-state index is 0.0948. The molecule has 1 aromatic heterocycles. The molecule has 0 unspecified atom stereocenters. The van der Waals surface area contributed by atoms with Crippen LogP contribution in [0.3, 0.4) is 0 Å². The van der Waals surface area contributed by atoms with E-state index in [1.807, 2.05) is 31.5 Å². The molecule has 0 spiro atoms. The molecule has 6 heteroatoms. The molecule has 2 N–H and O–H groups in total. The zero-order chi connectivity index (χ0) is 15.6. The van der Waals surface area contributed by atoms with Crippen molar-refractivity contribution in [2.24, 2.45) is 7.05 Å². The Kier molecular flexibility index (Phi) is 5.54. The molecule has 116 valence electrons. The summed E-state index contributed by atoms with van der Waals surface area (Å²) in [7, 11) is 2.01. The first-order valence-corrected chi connectivity index (χ1v) is 8.66. The van der Waals surface area contributed by atoms with E-state index < -0.39 is 0 Å². The standard InChI is InChI=1S/C15H22ClN3OS/c1-9(14(8-20)21-4)17-10(2)15-18-12-7-11(16)5-6-13(12)19(15)3/h5-7,9-10,14,17,20H,8H2,1-4H3/t9-,10-,14+/m0/s1. The van der Waals surface area contributed by atoms with Crippen LogP contribution in [0, 0.1) is 0 Å². The lowest BCUT2D eigenvalue weighted by molar-refractivity contribution is 0.270. The van der Waals surface area contributed by atoms with E-state index in [1.165, 1.54) is 0 Å². The number of hydrogen-bond donors (Lipinski definition) is 2. The van der Waals surface area contributed by atoms with Gasteiger partial charge in [0.15, 0.2) is 0 Å². The van der Waals surface area contributed by atoms with E-state index in [0.717, 1.165) is 16.9 Å². The van der Waals surface area contributed by atoms with Crippen molar-refractivity contribution in [2.75, 3.05) is 12.9 Å². The number of halogens is 1. The van der Waals surface area contributed by atoms with Crippen LogP contribution < -0.4 is 5.32 Å². The molecule has 0 saturated carbocycles. The number of hydrogen-bond acceptors (Lipinski definition) is 4. The van der Waals surface area contributed by atoms with Gasteiger partial charge in [0, 0.05) is 23.4 Å². The summed E-state index contributed by atoms with van der Waals surface area (Å²) in [4.78, 5) is 4.68. The molecule has 1 aromatic carbocycles. The van der Waals surface area contributed by atoms with Crippen molar-refractivity contribution in [3.63, 3.8) is 0 Å². The first-order valence-electron chi connectivity index (χ1n) is 6.99. The Morgan fingerprint density at radius 3 is 2.76 bits per heavy atom. The lowest BCUT2D eigenvalue weighted by Gasteiger charge is -2.25. The highest BCUT2D eigenvalue weighted by Gasteiger charge is 2.21. The molecule has 0 bridgehead atoms. The second-order valence-corrected chi connectivity index (χ2v) is 6.81. The fourth-order valence-electron chi connectivity index (χ4n) is 2.59. The Hall–Kier alpha value is -0.750. The number of nitrogens with one attached hydrogen (secondary N) is 1. The Balaban J connectivity index is 2.23. The largest absolute Gasteiger partial charge is 0.395 e. The van der Waals surface area contributed by atoms with Gasteiger partial charge in [-0.25, -0.2) is 4.98 Å². The van der Waals surface area contributed by atoms with Crippen molar-refractivity contribution in [3.05, 3.63) is 29.0 Å². The van der Waals surface area contributed by atoms with Gasteiger partial charge in [0.05, 0.1) is 23.7 Å². The third kappa shape index (κ3) is 3.54. The molecule has 0 aliphatic carbocycles. The molecule has 0 fully saturated rings. The van der Waals surface area contributed by atoms with Crippen LogP contribution in [0.5, 0.6) is 0 Å². The van der Waals surface area contributed by atoms with Crippen molar-refractivity contribution in [1.29, 1.82) is 0 Å². The number of aryl methyl sites for hydroxylation is 1. The van der Waals surface area contributed by atoms with Gasteiger partial charge < -0.3 is 15.0 Å². The minimum absolute atomic E-state index is 0.0948. The third-order valence-electron chi connectivity index (χ3n) is 3.82. The number of imidazole rings is 1. The number of aromatic nitrogens is 2. The van der Waals surface area contributed by atoms with Gasteiger partial charge in [-0.1, -0.05) is 11.6 Å². The van der Waals surface area contributed by atoms with Crippen LogP contribution >= 0.6 is 23.4 Å². The molecule has 4 nitrogen and oxygen atoms in total. The number of fused-ring (bicyclic) bond motifs is 1. The Labute approximate surface area is 134 Å². The summed E-state index contributed by atoms with van der Waals surface area (Å²) >= 11 is 7.70. The molecular formula is C15H22ClN3OS. The van der Waals surface area contributed by atoms with Crippen molar-refractivity contribution in [2.45, 2.75) is 31.2 Å². The molecule has 0 saturated heterocycles. The van der Waals surface area contributed by atoms with Gasteiger partial charge in [0.25, 0.3) is 0 Å². The van der Waals surface area contributed by atoms with Crippen LogP contribution in [0.4, 0.5) is 0 Å². The van der Waals surface area contributed by atoms with Gasteiger partial charge in [0.2, 0.25) is 0 Å². The molecule has 2 aromatic rings. The average Bonchev–Trinajstić information content (AvgIpc) is 2.76. The number of rotatable bonds is 6. The smallest absolute Gasteiger partial charge is 0.126 e. The normalized spacial score (nSPS) is 16.1. The molecule has 2 rings (SSSR count). The topological polar surface area (TPSA) is 50.1 Å². The van der Waals surface area contributed by atoms with Gasteiger partial charge >= 0.3 is 0 Å². The highest BCUT2D eigenvalue weighted by molar-refractivity contribution is 7.99. The highest BCUT2D eigenvalue weighted by Crippen LogP contribution is 2.23. The van der Waals surface area contributed by atoms with Crippen LogP contribution in [-0.4, -0.2) is 38.8 Å². The summed E-state index contributed by atoms with van der Waals surface area (Å²) in [5.41, 5.74) is 1.98. The lowest BCUT2D eigenvalue weighted by atomic mass is 10.2. The Bertz CT molecular complexity index is 612. The summed E-state index contributed by atoms with van der Waals surface area (Å²) in [6.07, 6.45) is 2.01. The van der Waals surface area contributed by atoms with E-state index in [0.29, 0.717) is 5.02 Å². The van der Waals surface area contributed by atoms with Crippen molar-refractivity contribution >= 4 is 34.4 Å². The number of aliphatic hydroxyl groups excluding tert-OH is 1. The summed E-state index contributed by atoms with van der Waals surface area (Å²) in [5.74, 6) is 0.969. The van der Waals surface area contributed by atoms with Crippen LogP contribution in [0.15, 0.2) is 18.2 Å². The fourth-order valence-corrected chi connectivity index (χ4v) is 3.39. The maximum absolute atomic E-state index is 9.38. The third-order valence-corrected chi connectivity index (χ3v) is 5.22. The van der Waals surface area contributed by atoms with Gasteiger partial charge in [-0.15, -0.1) is 0 Å². The minimum Gasteiger partial charge on any atom is -0.395 e. The zero-order valence-corrected chi connectivity index (χ0v) is 14.4. The summed E-state index contributed by atoms with van der Waals surface area (Å²) in [6.45, 7) is 4.35. The second-order valence-electron chi connectivity index (χ2n) is 5.30. The fraction of sp³-hybridized carbons (Fsp3) is 0.533. The van der Waals surface area contributed by atoms with Crippen LogP contribution in [-0.2, 0) is 7.05 Å². The van der Waals surface area contributed by atoms with Gasteiger partial charge in [-0.05, 0) is 38.3 Å². The molecule has 0 radical (unpaired) electrons. The van der Waals surface area contributed by atoms with Crippen molar-refractivity contribution < 1.29 is 5.11 Å². The SMILES string of the molecule is CS[C@H](CO)[C@H](C)N[C@@H](C)c1nc2cc(Cl)ccc2n1C. The monoisotopic (exact) mass is 327 g/mol. The number of thioether (sulfide) groups is 1. The van der Waals surface area contributed by atoms with Crippen LogP contribution in [0.1, 0.15) is 25.7 Å². The van der Waals surface area contributed by atoms with E-state index in [2.05, 4.69) is 28.7 Å². The maximum atomic E-state index is 9.38. The van der Waals surface area contributed by atoms with E-state index in [1.54, 1.807) is 11.8 Å². The summed E-state index contributed by atoms with van der Waals surface area (Å²) in [5, 5.41) is 13.8. The first-order chi connectivity index (χ1) is 9.97. The van der Waals surface area contributed by atoms with E-state index >= 15 is 0 Å². The van der Waals surface area contributed by atoms with E-state index in [4.69, 9.17) is 11.6 Å². The van der Waals surface area contributed by atoms with Crippen LogP contribution in [0.25, 0.3) is 11.0 Å².